The third-order valence-corrected chi connectivity index (χ3v) is 4.10. The van der Waals surface area contributed by atoms with Crippen LogP contribution in [-0.2, 0) is 13.0 Å². The van der Waals surface area contributed by atoms with Crippen molar-refractivity contribution in [2.45, 2.75) is 13.0 Å². The fourth-order valence-electron chi connectivity index (χ4n) is 2.87. The molecule has 24 heavy (non-hydrogen) atoms. The summed E-state index contributed by atoms with van der Waals surface area (Å²) < 4.78 is 18.1. The van der Waals surface area contributed by atoms with Crippen LogP contribution in [0.2, 0.25) is 0 Å². The highest BCUT2D eigenvalue weighted by Crippen LogP contribution is 2.37. The van der Waals surface area contributed by atoms with Gasteiger partial charge >= 0.3 is 0 Å². The first kappa shape index (κ1) is 15.9. The lowest BCUT2D eigenvalue weighted by Crippen LogP contribution is -2.26. The molecule has 1 amide bonds. The lowest BCUT2D eigenvalue weighted by Gasteiger charge is -2.15. The first-order chi connectivity index (χ1) is 11.5. The Morgan fingerprint density at radius 2 is 1.96 bits per heavy atom. The van der Waals surface area contributed by atoms with Crippen molar-refractivity contribution >= 4 is 11.6 Å². The summed E-state index contributed by atoms with van der Waals surface area (Å²) in [7, 11) is 1.43. The maximum atomic E-state index is 12.9. The van der Waals surface area contributed by atoms with Gasteiger partial charge in [0.25, 0.3) is 11.6 Å². The number of rotatable bonds is 5. The standard InChI is InChI=1S/C17H15FN2O4/c1-24-15-7-6-14(20(22)23)13-10-19(17(21)16(13)15)9-8-11-2-4-12(18)5-3-11/h2-7H,8-10H2,1H3. The van der Waals surface area contributed by atoms with Gasteiger partial charge in [0.15, 0.2) is 0 Å². The van der Waals surface area contributed by atoms with E-state index in [2.05, 4.69) is 0 Å². The minimum Gasteiger partial charge on any atom is -0.496 e. The Balaban J connectivity index is 1.83. The van der Waals surface area contributed by atoms with Gasteiger partial charge in [0.05, 0.1) is 29.7 Å². The number of ether oxygens (including phenoxy) is 1. The quantitative estimate of drug-likeness (QED) is 0.624. The molecular formula is C17H15FN2O4. The molecule has 1 aliphatic rings. The van der Waals surface area contributed by atoms with Crippen molar-refractivity contribution in [1.29, 1.82) is 0 Å². The smallest absolute Gasteiger partial charge is 0.275 e. The van der Waals surface area contributed by atoms with Crippen LogP contribution in [0, 0.1) is 15.9 Å². The SMILES string of the molecule is COc1ccc([N+](=O)[O-])c2c1C(=O)N(CCc1ccc(F)cc1)C2. The zero-order valence-corrected chi connectivity index (χ0v) is 13.0. The van der Waals surface area contributed by atoms with E-state index in [1.807, 2.05) is 0 Å². The van der Waals surface area contributed by atoms with E-state index < -0.39 is 4.92 Å². The summed E-state index contributed by atoms with van der Waals surface area (Å²) in [6.07, 6.45) is 0.538. The van der Waals surface area contributed by atoms with Gasteiger partial charge in [0.1, 0.15) is 11.6 Å². The number of nitro benzene ring substituents is 1. The number of hydrogen-bond acceptors (Lipinski definition) is 4. The molecule has 0 atom stereocenters. The largest absolute Gasteiger partial charge is 0.496 e. The number of halogens is 1. The van der Waals surface area contributed by atoms with Crippen LogP contribution in [0.3, 0.4) is 0 Å². The lowest BCUT2D eigenvalue weighted by atomic mass is 10.1. The number of carbonyl (C=O) groups is 1. The fourth-order valence-corrected chi connectivity index (χ4v) is 2.87. The van der Waals surface area contributed by atoms with Crippen molar-refractivity contribution in [1.82, 2.24) is 4.90 Å². The minimum absolute atomic E-state index is 0.0802. The predicted molar refractivity (Wildman–Crippen MR) is 84.5 cm³/mol. The van der Waals surface area contributed by atoms with Crippen LogP contribution in [-0.4, -0.2) is 29.4 Å². The average Bonchev–Trinajstić information content (AvgIpc) is 2.90. The summed E-state index contributed by atoms with van der Waals surface area (Å²) in [6.45, 7) is 0.558. The van der Waals surface area contributed by atoms with Crippen LogP contribution < -0.4 is 4.74 Å². The monoisotopic (exact) mass is 330 g/mol. The molecule has 2 aromatic carbocycles. The van der Waals surface area contributed by atoms with Crippen molar-refractivity contribution in [3.05, 3.63) is 69.0 Å². The number of amides is 1. The second kappa shape index (κ2) is 6.27. The molecule has 0 saturated carbocycles. The molecule has 2 aromatic rings. The molecule has 7 heteroatoms. The van der Waals surface area contributed by atoms with E-state index in [4.69, 9.17) is 4.74 Å². The Bertz CT molecular complexity index is 805. The van der Waals surface area contributed by atoms with Gasteiger partial charge < -0.3 is 9.64 Å². The molecule has 0 aromatic heterocycles. The topological polar surface area (TPSA) is 72.7 Å². The van der Waals surface area contributed by atoms with E-state index >= 15 is 0 Å². The second-order valence-electron chi connectivity index (χ2n) is 5.50. The van der Waals surface area contributed by atoms with Crippen molar-refractivity contribution < 1.29 is 18.8 Å². The maximum absolute atomic E-state index is 12.9. The van der Waals surface area contributed by atoms with Gasteiger partial charge in [-0.2, -0.15) is 0 Å². The Morgan fingerprint density at radius 1 is 1.25 bits per heavy atom. The summed E-state index contributed by atoms with van der Waals surface area (Å²) >= 11 is 0. The number of fused-ring (bicyclic) bond motifs is 1. The molecule has 0 spiro atoms. The predicted octanol–water partition coefficient (Wildman–Crippen LogP) is 2.94. The Hall–Kier alpha value is -2.96. The highest BCUT2D eigenvalue weighted by molar-refractivity contribution is 6.02. The molecule has 0 N–H and O–H groups in total. The van der Waals surface area contributed by atoms with Gasteiger partial charge in [-0.3, -0.25) is 14.9 Å². The van der Waals surface area contributed by atoms with Gasteiger partial charge in [-0.05, 0) is 30.2 Å². The van der Waals surface area contributed by atoms with E-state index in [1.54, 1.807) is 17.0 Å². The zero-order chi connectivity index (χ0) is 17.3. The first-order valence-electron chi connectivity index (χ1n) is 7.39. The van der Waals surface area contributed by atoms with E-state index in [-0.39, 0.29) is 29.5 Å². The second-order valence-corrected chi connectivity index (χ2v) is 5.50. The third kappa shape index (κ3) is 2.80. The van der Waals surface area contributed by atoms with Gasteiger partial charge in [-0.15, -0.1) is 0 Å². The maximum Gasteiger partial charge on any atom is 0.275 e. The van der Waals surface area contributed by atoms with E-state index in [0.717, 1.165) is 5.56 Å². The van der Waals surface area contributed by atoms with Crippen molar-refractivity contribution in [3.63, 3.8) is 0 Å². The molecule has 0 bridgehead atoms. The Labute approximate surface area is 137 Å². The lowest BCUT2D eigenvalue weighted by molar-refractivity contribution is -0.385. The van der Waals surface area contributed by atoms with Crippen LogP contribution >= 0.6 is 0 Å². The number of hydrogen-bond donors (Lipinski definition) is 0. The van der Waals surface area contributed by atoms with E-state index in [0.29, 0.717) is 24.3 Å². The van der Waals surface area contributed by atoms with E-state index in [1.165, 1.54) is 31.4 Å². The molecule has 6 nitrogen and oxygen atoms in total. The first-order valence-corrected chi connectivity index (χ1v) is 7.39. The highest BCUT2D eigenvalue weighted by atomic mass is 19.1. The Morgan fingerprint density at radius 3 is 2.58 bits per heavy atom. The van der Waals surface area contributed by atoms with Crippen LogP contribution in [0.15, 0.2) is 36.4 Å². The van der Waals surface area contributed by atoms with Gasteiger partial charge in [-0.25, -0.2) is 4.39 Å². The summed E-state index contributed by atoms with van der Waals surface area (Å²) in [6, 6.07) is 8.85. The number of nitro groups is 1. The summed E-state index contributed by atoms with van der Waals surface area (Å²) in [5.74, 6) is -0.263. The molecule has 0 saturated heterocycles. The van der Waals surface area contributed by atoms with E-state index in [9.17, 15) is 19.3 Å². The summed E-state index contributed by atoms with van der Waals surface area (Å²) in [4.78, 5) is 24.8. The number of benzene rings is 2. The minimum atomic E-state index is -0.491. The van der Waals surface area contributed by atoms with Gasteiger partial charge in [-0.1, -0.05) is 12.1 Å². The van der Waals surface area contributed by atoms with Crippen LogP contribution in [0.1, 0.15) is 21.5 Å². The summed E-state index contributed by atoms with van der Waals surface area (Å²) in [5, 5.41) is 11.2. The average molecular weight is 330 g/mol. The Kier molecular flexibility index (Phi) is 4.16. The number of carbonyl (C=O) groups excluding carboxylic acids is 1. The molecule has 1 heterocycles. The molecular weight excluding hydrogens is 315 g/mol. The van der Waals surface area contributed by atoms with Crippen LogP contribution in [0.5, 0.6) is 5.75 Å². The van der Waals surface area contributed by atoms with Gasteiger partial charge in [0, 0.05) is 12.6 Å². The molecule has 124 valence electrons. The van der Waals surface area contributed by atoms with Crippen LogP contribution in [0.4, 0.5) is 10.1 Å². The summed E-state index contributed by atoms with van der Waals surface area (Å²) in [5.41, 5.74) is 1.44. The van der Waals surface area contributed by atoms with Gasteiger partial charge in [0.2, 0.25) is 0 Å². The third-order valence-electron chi connectivity index (χ3n) is 4.10. The molecule has 1 aliphatic heterocycles. The molecule has 0 aliphatic carbocycles. The number of methoxy groups -OCH3 is 1. The molecule has 0 unspecified atom stereocenters. The number of nitrogens with zero attached hydrogens (tertiary/aromatic N) is 2. The fraction of sp³-hybridized carbons (Fsp3) is 0.235. The highest BCUT2D eigenvalue weighted by Gasteiger charge is 2.36. The molecule has 3 rings (SSSR count). The van der Waals surface area contributed by atoms with Crippen molar-refractivity contribution in [3.8, 4) is 5.75 Å². The zero-order valence-electron chi connectivity index (χ0n) is 13.0. The van der Waals surface area contributed by atoms with Crippen LogP contribution in [0.25, 0.3) is 0 Å². The van der Waals surface area contributed by atoms with Crippen molar-refractivity contribution in [2.24, 2.45) is 0 Å². The molecule has 0 fully saturated rings. The normalized spacial score (nSPS) is 13.1. The molecule has 0 radical (unpaired) electrons. The van der Waals surface area contributed by atoms with Crippen molar-refractivity contribution in [2.75, 3.05) is 13.7 Å².